The van der Waals surface area contributed by atoms with E-state index in [-0.39, 0.29) is 17.3 Å². The third-order valence-electron chi connectivity index (χ3n) is 3.40. The van der Waals surface area contributed by atoms with Gasteiger partial charge in [-0.05, 0) is 12.0 Å². The van der Waals surface area contributed by atoms with E-state index in [0.717, 1.165) is 11.3 Å². The Kier molecular flexibility index (Phi) is 4.75. The van der Waals surface area contributed by atoms with Crippen LogP contribution in [0.4, 0.5) is 0 Å². The number of H-pyrrole nitrogens is 1. The molecule has 0 saturated heterocycles. The Morgan fingerprint density at radius 3 is 2.61 bits per heavy atom. The van der Waals surface area contributed by atoms with Crippen LogP contribution in [0.2, 0.25) is 0 Å². The number of hydrogen-bond acceptors (Lipinski definition) is 4. The summed E-state index contributed by atoms with van der Waals surface area (Å²) < 4.78 is 2.91. The summed E-state index contributed by atoms with van der Waals surface area (Å²) in [5, 5.41) is 4.44. The minimum absolute atomic E-state index is 0.00852. The molecule has 2 aromatic rings. The van der Waals surface area contributed by atoms with Gasteiger partial charge in [0, 0.05) is 30.3 Å². The van der Waals surface area contributed by atoms with Gasteiger partial charge in [-0.25, -0.2) is 0 Å². The van der Waals surface area contributed by atoms with Crippen LogP contribution < -0.4 is 14.8 Å². The summed E-state index contributed by atoms with van der Waals surface area (Å²) in [5.41, 5.74) is 1.25. The monoisotopic (exact) mass is 333 g/mol. The minimum Gasteiger partial charge on any atom is -0.313 e. The Labute approximate surface area is 139 Å². The quantitative estimate of drug-likeness (QED) is 0.926. The van der Waals surface area contributed by atoms with Crippen LogP contribution in [0.25, 0.3) is 12.2 Å². The van der Waals surface area contributed by atoms with Crippen molar-refractivity contribution in [2.24, 2.45) is 12.5 Å². The predicted octanol–water partition coefficient (Wildman–Crippen LogP) is 1.52. The van der Waals surface area contributed by atoms with Gasteiger partial charge >= 0.3 is 0 Å². The van der Waals surface area contributed by atoms with Crippen LogP contribution in [0.5, 0.6) is 0 Å². The second-order valence-electron chi connectivity index (χ2n) is 6.99. The second kappa shape index (κ2) is 6.28. The second-order valence-corrected chi connectivity index (χ2v) is 8.07. The van der Waals surface area contributed by atoms with E-state index in [1.807, 2.05) is 40.1 Å². The SMILES string of the molecule is CC(C)c1nn(C)cc1/C=c1\s/c(=C/C(=O)C(C)(C)C)[nH]c1=O. The summed E-state index contributed by atoms with van der Waals surface area (Å²) in [5.74, 6) is 0.265. The molecule has 0 aromatic carbocycles. The molecule has 5 nitrogen and oxygen atoms in total. The predicted molar refractivity (Wildman–Crippen MR) is 94.0 cm³/mol. The van der Waals surface area contributed by atoms with Crippen molar-refractivity contribution in [1.29, 1.82) is 0 Å². The molecule has 23 heavy (non-hydrogen) atoms. The van der Waals surface area contributed by atoms with Gasteiger partial charge in [0.2, 0.25) is 0 Å². The van der Waals surface area contributed by atoms with Crippen LogP contribution in [-0.4, -0.2) is 20.5 Å². The molecule has 0 fully saturated rings. The molecular formula is C17H23N3O2S. The van der Waals surface area contributed by atoms with Crippen molar-refractivity contribution >= 4 is 29.3 Å². The van der Waals surface area contributed by atoms with Gasteiger partial charge < -0.3 is 4.98 Å². The van der Waals surface area contributed by atoms with E-state index in [1.165, 1.54) is 17.4 Å². The highest BCUT2D eigenvalue weighted by atomic mass is 32.1. The molecule has 0 amide bonds. The van der Waals surface area contributed by atoms with Crippen LogP contribution in [-0.2, 0) is 11.8 Å². The molecule has 0 bridgehead atoms. The first-order chi connectivity index (χ1) is 10.6. The van der Waals surface area contributed by atoms with Gasteiger partial charge in [-0.1, -0.05) is 34.6 Å². The molecule has 2 aromatic heterocycles. The van der Waals surface area contributed by atoms with E-state index in [2.05, 4.69) is 23.9 Å². The van der Waals surface area contributed by atoms with Crippen molar-refractivity contribution in [3.05, 3.63) is 37.0 Å². The van der Waals surface area contributed by atoms with Gasteiger partial charge in [0.15, 0.2) is 5.78 Å². The van der Waals surface area contributed by atoms with E-state index >= 15 is 0 Å². The topological polar surface area (TPSA) is 67.8 Å². The van der Waals surface area contributed by atoms with Gasteiger partial charge in [-0.15, -0.1) is 11.3 Å². The molecule has 124 valence electrons. The van der Waals surface area contributed by atoms with Gasteiger partial charge in [0.1, 0.15) is 0 Å². The Bertz CT molecular complexity index is 892. The molecule has 0 aliphatic carbocycles. The highest BCUT2D eigenvalue weighted by molar-refractivity contribution is 7.07. The lowest BCUT2D eigenvalue weighted by Gasteiger charge is -2.12. The molecule has 0 saturated carbocycles. The molecule has 0 unspecified atom stereocenters. The smallest absolute Gasteiger partial charge is 0.266 e. The maximum absolute atomic E-state index is 12.1. The van der Waals surface area contributed by atoms with Gasteiger partial charge in [0.05, 0.1) is 14.9 Å². The number of aromatic amines is 1. The first kappa shape index (κ1) is 17.4. The first-order valence-electron chi connectivity index (χ1n) is 7.58. The number of nitrogens with zero attached hydrogens (tertiary/aromatic N) is 2. The summed E-state index contributed by atoms with van der Waals surface area (Å²) in [6, 6.07) is 0. The lowest BCUT2D eigenvalue weighted by atomic mass is 9.91. The summed E-state index contributed by atoms with van der Waals surface area (Å²) in [4.78, 5) is 26.9. The third-order valence-corrected chi connectivity index (χ3v) is 4.37. The normalized spacial score (nSPS) is 14.0. The number of aryl methyl sites for hydroxylation is 1. The van der Waals surface area contributed by atoms with E-state index in [9.17, 15) is 9.59 Å². The number of Topliss-reactive ketones (excluding diaryl/α,β-unsaturated/α-hetero) is 1. The summed E-state index contributed by atoms with van der Waals surface area (Å²) in [7, 11) is 1.86. The zero-order chi connectivity index (χ0) is 17.4. The van der Waals surface area contributed by atoms with Crippen molar-refractivity contribution in [3.63, 3.8) is 0 Å². The summed E-state index contributed by atoms with van der Waals surface area (Å²) in [6.07, 6.45) is 5.25. The fourth-order valence-corrected chi connectivity index (χ4v) is 2.96. The number of thiazole rings is 1. The number of carbonyl (C=O) groups is 1. The van der Waals surface area contributed by atoms with Gasteiger partial charge in [-0.3, -0.25) is 14.3 Å². The van der Waals surface area contributed by atoms with Crippen LogP contribution in [0.15, 0.2) is 11.0 Å². The van der Waals surface area contributed by atoms with Crippen LogP contribution >= 0.6 is 11.3 Å². The molecule has 0 spiro atoms. The fraction of sp³-hybridized carbons (Fsp3) is 0.471. The average molecular weight is 333 g/mol. The van der Waals surface area contributed by atoms with Crippen LogP contribution in [0.3, 0.4) is 0 Å². The first-order valence-corrected chi connectivity index (χ1v) is 8.40. The lowest BCUT2D eigenvalue weighted by molar-refractivity contribution is -0.119. The van der Waals surface area contributed by atoms with Crippen molar-refractivity contribution in [3.8, 4) is 0 Å². The van der Waals surface area contributed by atoms with Gasteiger partial charge in [0.25, 0.3) is 5.56 Å². The number of nitrogens with one attached hydrogen (secondary N) is 1. The molecule has 0 aliphatic heterocycles. The number of hydrogen-bond donors (Lipinski definition) is 1. The van der Waals surface area contributed by atoms with Crippen LogP contribution in [0.1, 0.15) is 51.8 Å². The van der Waals surface area contributed by atoms with Crippen molar-refractivity contribution in [2.75, 3.05) is 0 Å². The van der Waals surface area contributed by atoms with Crippen molar-refractivity contribution in [2.45, 2.75) is 40.5 Å². The highest BCUT2D eigenvalue weighted by Gasteiger charge is 2.18. The van der Waals surface area contributed by atoms with E-state index in [1.54, 1.807) is 4.68 Å². The molecule has 1 N–H and O–H groups in total. The van der Waals surface area contributed by atoms with Gasteiger partial charge in [-0.2, -0.15) is 5.10 Å². The molecule has 0 aliphatic rings. The molecule has 0 radical (unpaired) electrons. The largest absolute Gasteiger partial charge is 0.313 e. The minimum atomic E-state index is -0.459. The summed E-state index contributed by atoms with van der Waals surface area (Å²) >= 11 is 1.29. The number of aromatic nitrogens is 3. The number of ketones is 1. The zero-order valence-corrected chi connectivity index (χ0v) is 15.2. The Morgan fingerprint density at radius 2 is 2.04 bits per heavy atom. The molecule has 0 atom stereocenters. The molecular weight excluding hydrogens is 310 g/mol. The van der Waals surface area contributed by atoms with E-state index < -0.39 is 5.41 Å². The molecule has 6 heteroatoms. The Balaban J connectivity index is 2.53. The lowest BCUT2D eigenvalue weighted by Crippen LogP contribution is -2.22. The molecule has 2 heterocycles. The average Bonchev–Trinajstić information content (AvgIpc) is 2.92. The Hall–Kier alpha value is -1.95. The number of carbonyl (C=O) groups excluding carboxylic acids is 1. The fourth-order valence-electron chi connectivity index (χ4n) is 2.09. The van der Waals surface area contributed by atoms with E-state index in [0.29, 0.717) is 9.20 Å². The van der Waals surface area contributed by atoms with Crippen LogP contribution in [0, 0.1) is 5.41 Å². The highest BCUT2D eigenvalue weighted by Crippen LogP contribution is 2.17. The number of rotatable bonds is 3. The molecule has 2 rings (SSSR count). The van der Waals surface area contributed by atoms with E-state index in [4.69, 9.17) is 0 Å². The maximum atomic E-state index is 12.1. The third kappa shape index (κ3) is 4.07. The maximum Gasteiger partial charge on any atom is 0.266 e. The van der Waals surface area contributed by atoms with Crippen molar-refractivity contribution in [1.82, 2.24) is 14.8 Å². The standard InChI is InChI=1S/C17H23N3O2S/c1-10(2)15-11(9-20(6)19-15)7-12-16(22)18-14(23-12)8-13(21)17(3,4)5/h7-10H,1-6H3,(H,18,22)/b12-7-,14-8+. The summed E-state index contributed by atoms with van der Waals surface area (Å²) in [6.45, 7) is 9.71. The zero-order valence-electron chi connectivity index (χ0n) is 14.4. The van der Waals surface area contributed by atoms with Crippen molar-refractivity contribution < 1.29 is 4.79 Å². The Morgan fingerprint density at radius 1 is 1.39 bits per heavy atom.